The van der Waals surface area contributed by atoms with Gasteiger partial charge in [0.15, 0.2) is 0 Å². The third-order valence-corrected chi connectivity index (χ3v) is 6.86. The molecule has 0 aromatic heterocycles. The summed E-state index contributed by atoms with van der Waals surface area (Å²) in [7, 11) is 0. The number of anilines is 1. The number of nitrogens with zero attached hydrogens (tertiary/aromatic N) is 2. The Morgan fingerprint density at radius 3 is 2.08 bits per heavy atom. The molecule has 1 heterocycles. The number of nitrogens with one attached hydrogen (secondary N) is 1. The molecule has 1 aromatic carbocycles. The van der Waals surface area contributed by atoms with E-state index in [0.29, 0.717) is 11.8 Å². The van der Waals surface area contributed by atoms with Crippen LogP contribution in [0.25, 0.3) is 0 Å². The van der Waals surface area contributed by atoms with Crippen LogP contribution in [0.15, 0.2) is 12.1 Å². The highest BCUT2D eigenvalue weighted by atomic mass is 15.2. The van der Waals surface area contributed by atoms with E-state index in [4.69, 9.17) is 0 Å². The molecule has 0 bridgehead atoms. The first-order valence-corrected chi connectivity index (χ1v) is 10.9. The average molecular weight is 352 g/mol. The van der Waals surface area contributed by atoms with Crippen molar-refractivity contribution in [1.29, 1.82) is 5.26 Å². The van der Waals surface area contributed by atoms with Crippen LogP contribution in [0.5, 0.6) is 0 Å². The predicted octanol–water partition coefficient (Wildman–Crippen LogP) is 5.06. The van der Waals surface area contributed by atoms with Crippen molar-refractivity contribution in [2.45, 2.75) is 76.0 Å². The van der Waals surface area contributed by atoms with Gasteiger partial charge in [0, 0.05) is 26.2 Å². The first-order chi connectivity index (χ1) is 12.9. The normalized spacial score (nSPS) is 23.0. The van der Waals surface area contributed by atoms with E-state index in [1.54, 1.807) is 0 Å². The van der Waals surface area contributed by atoms with E-state index in [2.05, 4.69) is 28.4 Å². The number of benzene rings is 1. The SMILES string of the molecule is N#Cc1c(C2CCCCC2)cc(C2CCCCC2)cc1N1CCNCC1. The van der Waals surface area contributed by atoms with E-state index in [0.717, 1.165) is 31.7 Å². The smallest absolute Gasteiger partial charge is 0.102 e. The quantitative estimate of drug-likeness (QED) is 0.827. The Kier molecular flexibility index (Phi) is 5.80. The lowest BCUT2D eigenvalue weighted by atomic mass is 9.78. The number of piperazine rings is 1. The van der Waals surface area contributed by atoms with Crippen molar-refractivity contribution in [1.82, 2.24) is 5.32 Å². The standard InChI is InChI=1S/C23H33N3/c24-17-22-21(19-9-5-2-6-10-19)15-20(18-7-3-1-4-8-18)16-23(22)26-13-11-25-12-14-26/h15-16,18-19,25H,1-14H2. The summed E-state index contributed by atoms with van der Waals surface area (Å²) in [5.41, 5.74) is 5.12. The van der Waals surface area contributed by atoms with Gasteiger partial charge in [0.25, 0.3) is 0 Å². The molecule has 0 unspecified atom stereocenters. The second kappa shape index (κ2) is 8.44. The molecule has 3 heteroatoms. The molecule has 140 valence electrons. The molecule has 1 saturated heterocycles. The third-order valence-electron chi connectivity index (χ3n) is 6.86. The molecule has 2 saturated carbocycles. The molecule has 1 aromatic rings. The number of rotatable bonds is 3. The summed E-state index contributed by atoms with van der Waals surface area (Å²) in [6.07, 6.45) is 13.3. The van der Waals surface area contributed by atoms with Crippen LogP contribution < -0.4 is 10.2 Å². The van der Waals surface area contributed by atoms with Crippen LogP contribution in [-0.2, 0) is 0 Å². The van der Waals surface area contributed by atoms with Crippen LogP contribution in [-0.4, -0.2) is 26.2 Å². The average Bonchev–Trinajstić information content (AvgIpc) is 2.74. The second-order valence-electron chi connectivity index (χ2n) is 8.52. The van der Waals surface area contributed by atoms with E-state index >= 15 is 0 Å². The molecule has 2 aliphatic carbocycles. The summed E-state index contributed by atoms with van der Waals surface area (Å²) in [6, 6.07) is 7.48. The molecule has 0 atom stereocenters. The fourth-order valence-corrected chi connectivity index (χ4v) is 5.36. The van der Waals surface area contributed by atoms with Crippen LogP contribution in [0, 0.1) is 11.3 Å². The maximum atomic E-state index is 10.1. The molecule has 3 fully saturated rings. The molecule has 4 rings (SSSR count). The number of hydrogen-bond donors (Lipinski definition) is 1. The van der Waals surface area contributed by atoms with Crippen LogP contribution in [0.1, 0.15) is 92.7 Å². The summed E-state index contributed by atoms with van der Waals surface area (Å²) >= 11 is 0. The zero-order chi connectivity index (χ0) is 17.8. The molecule has 26 heavy (non-hydrogen) atoms. The fourth-order valence-electron chi connectivity index (χ4n) is 5.36. The zero-order valence-corrected chi connectivity index (χ0v) is 16.1. The summed E-state index contributed by atoms with van der Waals surface area (Å²) < 4.78 is 0. The van der Waals surface area contributed by atoms with Crippen molar-refractivity contribution in [3.8, 4) is 6.07 Å². The topological polar surface area (TPSA) is 39.1 Å². The Balaban J connectivity index is 1.75. The maximum Gasteiger partial charge on any atom is 0.102 e. The minimum absolute atomic E-state index is 0.601. The van der Waals surface area contributed by atoms with E-state index in [9.17, 15) is 5.26 Å². The summed E-state index contributed by atoms with van der Waals surface area (Å²) in [5, 5.41) is 13.5. The molecular formula is C23H33N3. The molecule has 3 aliphatic rings. The van der Waals surface area contributed by atoms with Gasteiger partial charge in [-0.15, -0.1) is 0 Å². The highest BCUT2D eigenvalue weighted by molar-refractivity contribution is 5.65. The lowest BCUT2D eigenvalue weighted by Crippen LogP contribution is -2.44. The van der Waals surface area contributed by atoms with Gasteiger partial charge in [0.1, 0.15) is 6.07 Å². The molecule has 1 aliphatic heterocycles. The number of hydrogen-bond acceptors (Lipinski definition) is 3. The van der Waals surface area contributed by atoms with Gasteiger partial charge in [-0.25, -0.2) is 0 Å². The van der Waals surface area contributed by atoms with Gasteiger partial charge in [0.2, 0.25) is 0 Å². The minimum Gasteiger partial charge on any atom is -0.368 e. The first kappa shape index (κ1) is 17.9. The third kappa shape index (κ3) is 3.76. The van der Waals surface area contributed by atoms with E-state index in [1.165, 1.54) is 81.0 Å². The van der Waals surface area contributed by atoms with Gasteiger partial charge in [-0.1, -0.05) is 44.6 Å². The summed E-state index contributed by atoms with van der Waals surface area (Å²) in [5.74, 6) is 1.31. The maximum absolute atomic E-state index is 10.1. The Bertz CT molecular complexity index is 603. The van der Waals surface area contributed by atoms with Crippen molar-refractivity contribution in [3.05, 3.63) is 28.8 Å². The Hall–Kier alpha value is -1.53. The largest absolute Gasteiger partial charge is 0.368 e. The minimum atomic E-state index is 0.601. The summed E-state index contributed by atoms with van der Waals surface area (Å²) in [4.78, 5) is 2.47. The van der Waals surface area contributed by atoms with Crippen LogP contribution in [0.4, 0.5) is 5.69 Å². The Morgan fingerprint density at radius 1 is 0.846 bits per heavy atom. The van der Waals surface area contributed by atoms with Crippen molar-refractivity contribution in [2.75, 3.05) is 31.1 Å². The van der Waals surface area contributed by atoms with E-state index in [1.807, 2.05) is 0 Å². The Labute approximate surface area is 158 Å². The fraction of sp³-hybridized carbons (Fsp3) is 0.696. The highest BCUT2D eigenvalue weighted by Gasteiger charge is 2.26. The molecule has 0 amide bonds. The molecule has 3 nitrogen and oxygen atoms in total. The Morgan fingerprint density at radius 2 is 1.46 bits per heavy atom. The van der Waals surface area contributed by atoms with Crippen molar-refractivity contribution >= 4 is 5.69 Å². The number of nitriles is 1. The lowest BCUT2D eigenvalue weighted by Gasteiger charge is -2.34. The zero-order valence-electron chi connectivity index (χ0n) is 16.1. The highest BCUT2D eigenvalue weighted by Crippen LogP contribution is 2.42. The molecule has 0 spiro atoms. The van der Waals surface area contributed by atoms with Crippen LogP contribution >= 0.6 is 0 Å². The van der Waals surface area contributed by atoms with Gasteiger partial charge >= 0.3 is 0 Å². The summed E-state index contributed by atoms with van der Waals surface area (Å²) in [6.45, 7) is 4.09. The van der Waals surface area contributed by atoms with Crippen molar-refractivity contribution < 1.29 is 0 Å². The van der Waals surface area contributed by atoms with Gasteiger partial charge in [0.05, 0.1) is 11.3 Å². The van der Waals surface area contributed by atoms with Gasteiger partial charge in [-0.05, 0) is 54.7 Å². The van der Waals surface area contributed by atoms with E-state index < -0.39 is 0 Å². The van der Waals surface area contributed by atoms with Crippen molar-refractivity contribution in [3.63, 3.8) is 0 Å². The van der Waals surface area contributed by atoms with Crippen molar-refractivity contribution in [2.24, 2.45) is 0 Å². The molecule has 1 N–H and O–H groups in total. The van der Waals surface area contributed by atoms with Crippen LogP contribution in [0.3, 0.4) is 0 Å². The lowest BCUT2D eigenvalue weighted by molar-refractivity contribution is 0.435. The van der Waals surface area contributed by atoms with Gasteiger partial charge in [-0.3, -0.25) is 0 Å². The first-order valence-electron chi connectivity index (χ1n) is 10.9. The monoisotopic (exact) mass is 351 g/mol. The van der Waals surface area contributed by atoms with Crippen LogP contribution in [0.2, 0.25) is 0 Å². The van der Waals surface area contributed by atoms with Gasteiger partial charge < -0.3 is 10.2 Å². The predicted molar refractivity (Wildman–Crippen MR) is 108 cm³/mol. The van der Waals surface area contributed by atoms with E-state index in [-0.39, 0.29) is 0 Å². The second-order valence-corrected chi connectivity index (χ2v) is 8.52. The molecular weight excluding hydrogens is 318 g/mol. The molecule has 0 radical (unpaired) electrons. The van der Waals surface area contributed by atoms with Gasteiger partial charge in [-0.2, -0.15) is 5.26 Å².